The molecule has 1 aliphatic carbocycles. The quantitative estimate of drug-likeness (QED) is 0.705. The summed E-state index contributed by atoms with van der Waals surface area (Å²) in [6, 6.07) is -0.746. The van der Waals surface area contributed by atoms with Crippen molar-refractivity contribution < 1.29 is 23.1 Å². The van der Waals surface area contributed by atoms with E-state index in [1.54, 1.807) is 0 Å². The van der Waals surface area contributed by atoms with E-state index in [2.05, 4.69) is 10.6 Å². The van der Waals surface area contributed by atoms with Crippen LogP contribution in [0.3, 0.4) is 0 Å². The van der Waals surface area contributed by atoms with Crippen LogP contribution in [0, 0.1) is 5.92 Å². The summed E-state index contributed by atoms with van der Waals surface area (Å²) in [4.78, 5) is 11.6. The average Bonchev–Trinajstić information content (AvgIpc) is 2.38. The molecule has 2 amide bonds. The van der Waals surface area contributed by atoms with E-state index >= 15 is 0 Å². The highest BCUT2D eigenvalue weighted by molar-refractivity contribution is 5.74. The SMILES string of the molecule is O=C(NCCC(F)(F)F)NC(CCO)C1CCCCC1. The first-order valence-electron chi connectivity index (χ1n) is 7.14. The summed E-state index contributed by atoms with van der Waals surface area (Å²) in [6.45, 7) is -0.462. The van der Waals surface area contributed by atoms with Crippen molar-refractivity contribution in [2.24, 2.45) is 5.92 Å². The summed E-state index contributed by atoms with van der Waals surface area (Å²) in [5.74, 6) is 0.310. The molecule has 4 nitrogen and oxygen atoms in total. The van der Waals surface area contributed by atoms with Crippen molar-refractivity contribution in [2.45, 2.75) is 57.2 Å². The van der Waals surface area contributed by atoms with Crippen LogP contribution in [0.25, 0.3) is 0 Å². The Bertz CT molecular complexity index is 292. The van der Waals surface area contributed by atoms with Crippen molar-refractivity contribution in [2.75, 3.05) is 13.2 Å². The third-order valence-electron chi connectivity index (χ3n) is 3.67. The number of nitrogens with one attached hydrogen (secondary N) is 2. The number of halogens is 3. The zero-order valence-corrected chi connectivity index (χ0v) is 11.5. The van der Waals surface area contributed by atoms with E-state index in [0.29, 0.717) is 12.3 Å². The van der Waals surface area contributed by atoms with Gasteiger partial charge in [-0.05, 0) is 25.2 Å². The number of carbonyl (C=O) groups is 1. The van der Waals surface area contributed by atoms with Crippen LogP contribution >= 0.6 is 0 Å². The first-order chi connectivity index (χ1) is 9.42. The molecule has 0 saturated heterocycles. The first-order valence-corrected chi connectivity index (χ1v) is 7.14. The average molecular weight is 296 g/mol. The lowest BCUT2D eigenvalue weighted by atomic mass is 9.83. The molecule has 1 saturated carbocycles. The predicted molar refractivity (Wildman–Crippen MR) is 69.3 cm³/mol. The smallest absolute Gasteiger partial charge is 0.390 e. The van der Waals surface area contributed by atoms with E-state index < -0.39 is 25.2 Å². The summed E-state index contributed by atoms with van der Waals surface area (Å²) in [7, 11) is 0. The number of rotatable bonds is 6. The van der Waals surface area contributed by atoms with Gasteiger partial charge in [0.25, 0.3) is 0 Å². The number of aliphatic hydroxyl groups excluding tert-OH is 1. The minimum Gasteiger partial charge on any atom is -0.396 e. The van der Waals surface area contributed by atoms with Crippen LogP contribution in [0.2, 0.25) is 0 Å². The van der Waals surface area contributed by atoms with Gasteiger partial charge in [-0.25, -0.2) is 4.79 Å². The van der Waals surface area contributed by atoms with E-state index in [-0.39, 0.29) is 12.6 Å². The molecule has 1 unspecified atom stereocenters. The molecule has 1 atom stereocenters. The van der Waals surface area contributed by atoms with Crippen LogP contribution < -0.4 is 10.6 Å². The number of aliphatic hydroxyl groups is 1. The maximum absolute atomic E-state index is 12.0. The molecule has 0 aromatic heterocycles. The van der Waals surface area contributed by atoms with Crippen molar-refractivity contribution in [3.05, 3.63) is 0 Å². The summed E-state index contributed by atoms with van der Waals surface area (Å²) >= 11 is 0. The second-order valence-corrected chi connectivity index (χ2v) is 5.28. The molecular weight excluding hydrogens is 273 g/mol. The summed E-state index contributed by atoms with van der Waals surface area (Å²) in [5, 5.41) is 14.0. The molecule has 0 heterocycles. The largest absolute Gasteiger partial charge is 0.396 e. The van der Waals surface area contributed by atoms with Crippen molar-refractivity contribution in [3.8, 4) is 0 Å². The maximum atomic E-state index is 12.0. The van der Waals surface area contributed by atoms with E-state index in [1.807, 2.05) is 0 Å². The van der Waals surface area contributed by atoms with Crippen LogP contribution in [0.5, 0.6) is 0 Å². The third kappa shape index (κ3) is 6.98. The van der Waals surface area contributed by atoms with E-state index in [9.17, 15) is 18.0 Å². The van der Waals surface area contributed by atoms with Gasteiger partial charge in [0.2, 0.25) is 0 Å². The Morgan fingerprint density at radius 3 is 2.45 bits per heavy atom. The van der Waals surface area contributed by atoms with Crippen molar-refractivity contribution in [1.82, 2.24) is 10.6 Å². The molecular formula is C13H23F3N2O2. The fourth-order valence-corrected chi connectivity index (χ4v) is 2.64. The molecule has 0 aromatic carbocycles. The molecule has 3 N–H and O–H groups in total. The number of carbonyl (C=O) groups excluding carboxylic acids is 1. The lowest BCUT2D eigenvalue weighted by molar-refractivity contribution is -0.132. The van der Waals surface area contributed by atoms with E-state index in [4.69, 9.17) is 5.11 Å². The highest BCUT2D eigenvalue weighted by Crippen LogP contribution is 2.27. The van der Waals surface area contributed by atoms with Crippen molar-refractivity contribution >= 4 is 6.03 Å². The molecule has 20 heavy (non-hydrogen) atoms. The van der Waals surface area contributed by atoms with E-state index in [1.165, 1.54) is 6.42 Å². The van der Waals surface area contributed by atoms with Crippen LogP contribution in [-0.4, -0.2) is 36.5 Å². The number of alkyl halides is 3. The second kappa shape index (κ2) is 8.34. The second-order valence-electron chi connectivity index (χ2n) is 5.28. The monoisotopic (exact) mass is 296 g/mol. The lowest BCUT2D eigenvalue weighted by Gasteiger charge is -2.30. The highest BCUT2D eigenvalue weighted by Gasteiger charge is 2.27. The Morgan fingerprint density at radius 1 is 1.25 bits per heavy atom. The summed E-state index contributed by atoms with van der Waals surface area (Å²) < 4.78 is 35.9. The van der Waals surface area contributed by atoms with E-state index in [0.717, 1.165) is 25.7 Å². The molecule has 7 heteroatoms. The standard InChI is InChI=1S/C13H23F3N2O2/c14-13(15,16)7-8-17-12(20)18-11(6-9-19)10-4-2-1-3-5-10/h10-11,19H,1-9H2,(H2,17,18,20). The molecule has 1 rings (SSSR count). The molecule has 0 aliphatic heterocycles. The Morgan fingerprint density at radius 2 is 1.90 bits per heavy atom. The van der Waals surface area contributed by atoms with Crippen LogP contribution in [0.15, 0.2) is 0 Å². The van der Waals surface area contributed by atoms with Gasteiger partial charge in [0.05, 0.1) is 6.42 Å². The van der Waals surface area contributed by atoms with Gasteiger partial charge in [-0.2, -0.15) is 13.2 Å². The normalized spacial score (nSPS) is 18.6. The molecule has 0 bridgehead atoms. The van der Waals surface area contributed by atoms with Crippen LogP contribution in [0.1, 0.15) is 44.9 Å². The lowest BCUT2D eigenvalue weighted by Crippen LogP contribution is -2.47. The van der Waals surface area contributed by atoms with Crippen LogP contribution in [-0.2, 0) is 0 Å². The van der Waals surface area contributed by atoms with Gasteiger partial charge in [0, 0.05) is 19.2 Å². The minimum atomic E-state index is -4.26. The van der Waals surface area contributed by atoms with Gasteiger partial charge in [-0.1, -0.05) is 19.3 Å². The number of urea groups is 1. The molecule has 0 radical (unpaired) electrons. The third-order valence-corrected chi connectivity index (χ3v) is 3.67. The van der Waals surface area contributed by atoms with Crippen LogP contribution in [0.4, 0.5) is 18.0 Å². The van der Waals surface area contributed by atoms with Gasteiger partial charge in [-0.15, -0.1) is 0 Å². The molecule has 118 valence electrons. The number of hydrogen-bond acceptors (Lipinski definition) is 2. The first kappa shape index (κ1) is 17.1. The van der Waals surface area contributed by atoms with Gasteiger partial charge in [0.15, 0.2) is 0 Å². The fraction of sp³-hybridized carbons (Fsp3) is 0.923. The molecule has 0 spiro atoms. The zero-order chi connectivity index (χ0) is 15.0. The van der Waals surface area contributed by atoms with Gasteiger partial charge < -0.3 is 15.7 Å². The van der Waals surface area contributed by atoms with Gasteiger partial charge >= 0.3 is 12.2 Å². The summed E-state index contributed by atoms with van der Waals surface area (Å²) in [5.41, 5.74) is 0. The zero-order valence-electron chi connectivity index (χ0n) is 11.5. The fourth-order valence-electron chi connectivity index (χ4n) is 2.64. The Balaban J connectivity index is 2.34. The maximum Gasteiger partial charge on any atom is 0.390 e. The highest BCUT2D eigenvalue weighted by atomic mass is 19.4. The molecule has 1 aliphatic rings. The Kier molecular flexibility index (Phi) is 7.12. The Hall–Kier alpha value is -0.980. The van der Waals surface area contributed by atoms with Crippen molar-refractivity contribution in [1.29, 1.82) is 0 Å². The predicted octanol–water partition coefficient (Wildman–Crippen LogP) is 2.57. The van der Waals surface area contributed by atoms with Crippen molar-refractivity contribution in [3.63, 3.8) is 0 Å². The summed E-state index contributed by atoms with van der Waals surface area (Å²) in [6.07, 6.45) is 0.516. The Labute approximate surface area is 117 Å². The van der Waals surface area contributed by atoms with Gasteiger partial charge in [0.1, 0.15) is 0 Å². The number of amides is 2. The minimum absolute atomic E-state index is 0.0377. The van der Waals surface area contributed by atoms with Gasteiger partial charge in [-0.3, -0.25) is 0 Å². The topological polar surface area (TPSA) is 61.4 Å². The molecule has 0 aromatic rings. The molecule has 1 fully saturated rings. The number of hydrogen-bond donors (Lipinski definition) is 3.